The molecule has 100 valence electrons. The molecule has 0 unspecified atom stereocenters. The van der Waals surface area contributed by atoms with Gasteiger partial charge < -0.3 is 4.74 Å². The van der Waals surface area contributed by atoms with Gasteiger partial charge in [-0.3, -0.25) is 4.79 Å². The SMILES string of the molecule is C#CCCCSCC(=O)OC/C=C/c1ccccc1. The molecule has 0 aliphatic heterocycles. The van der Waals surface area contributed by atoms with Gasteiger partial charge in [-0.2, -0.15) is 11.8 Å². The standard InChI is InChI=1S/C16H18O2S/c1-2-3-7-13-19-14-16(17)18-12-8-11-15-9-5-4-6-10-15/h1,4-6,8-11H,3,7,12-14H2/b11-8+. The monoisotopic (exact) mass is 274 g/mol. The highest BCUT2D eigenvalue weighted by molar-refractivity contribution is 7.99. The van der Waals surface area contributed by atoms with Gasteiger partial charge >= 0.3 is 5.97 Å². The van der Waals surface area contributed by atoms with Crippen LogP contribution in [0.4, 0.5) is 0 Å². The normalized spacial score (nSPS) is 10.3. The van der Waals surface area contributed by atoms with Crippen LogP contribution in [-0.2, 0) is 9.53 Å². The molecule has 1 rings (SSSR count). The Morgan fingerprint density at radius 3 is 2.89 bits per heavy atom. The van der Waals surface area contributed by atoms with Crippen LogP contribution in [0.1, 0.15) is 18.4 Å². The van der Waals surface area contributed by atoms with Crippen molar-refractivity contribution in [1.29, 1.82) is 0 Å². The second kappa shape index (κ2) is 10.3. The molecule has 0 heterocycles. The van der Waals surface area contributed by atoms with Crippen LogP contribution in [0.2, 0.25) is 0 Å². The number of rotatable bonds is 8. The molecule has 19 heavy (non-hydrogen) atoms. The van der Waals surface area contributed by atoms with Gasteiger partial charge in [-0.05, 0) is 23.8 Å². The lowest BCUT2D eigenvalue weighted by atomic mass is 10.2. The lowest BCUT2D eigenvalue weighted by Gasteiger charge is -2.01. The van der Waals surface area contributed by atoms with Crippen LogP contribution >= 0.6 is 11.8 Å². The summed E-state index contributed by atoms with van der Waals surface area (Å²) in [5.41, 5.74) is 1.10. The van der Waals surface area contributed by atoms with Gasteiger partial charge in [-0.25, -0.2) is 0 Å². The molecule has 0 aliphatic carbocycles. The van der Waals surface area contributed by atoms with Crippen LogP contribution in [0.5, 0.6) is 0 Å². The number of terminal acetylenes is 1. The molecule has 0 spiro atoms. The van der Waals surface area contributed by atoms with Gasteiger partial charge in [-0.15, -0.1) is 12.3 Å². The summed E-state index contributed by atoms with van der Waals surface area (Å²) < 4.78 is 5.08. The Kier molecular flexibility index (Phi) is 8.33. The highest BCUT2D eigenvalue weighted by Crippen LogP contribution is 2.05. The number of benzene rings is 1. The Bertz CT molecular complexity index is 432. The Morgan fingerprint density at radius 1 is 1.37 bits per heavy atom. The van der Waals surface area contributed by atoms with Gasteiger partial charge in [0.25, 0.3) is 0 Å². The first-order valence-electron chi connectivity index (χ1n) is 6.21. The van der Waals surface area contributed by atoms with Gasteiger partial charge in [0.15, 0.2) is 0 Å². The molecule has 0 amide bonds. The first-order valence-corrected chi connectivity index (χ1v) is 7.37. The average molecular weight is 274 g/mol. The molecule has 1 aromatic rings. The summed E-state index contributed by atoms with van der Waals surface area (Å²) in [5, 5.41) is 0. The molecule has 3 heteroatoms. The van der Waals surface area contributed by atoms with Gasteiger partial charge in [0, 0.05) is 6.42 Å². The summed E-state index contributed by atoms with van der Waals surface area (Å²) in [4.78, 5) is 11.4. The van der Waals surface area contributed by atoms with E-state index in [9.17, 15) is 4.79 Å². The molecule has 0 aliphatic rings. The van der Waals surface area contributed by atoms with E-state index in [1.165, 1.54) is 0 Å². The van der Waals surface area contributed by atoms with Gasteiger partial charge in [-0.1, -0.05) is 36.4 Å². The van der Waals surface area contributed by atoms with Crippen LogP contribution in [0.3, 0.4) is 0 Å². The van der Waals surface area contributed by atoms with E-state index in [0.29, 0.717) is 12.4 Å². The van der Waals surface area contributed by atoms with E-state index in [1.54, 1.807) is 11.8 Å². The quantitative estimate of drug-likeness (QED) is 0.413. The molecule has 0 saturated carbocycles. The van der Waals surface area contributed by atoms with E-state index in [0.717, 1.165) is 24.2 Å². The summed E-state index contributed by atoms with van der Waals surface area (Å²) in [6.45, 7) is 0.318. The third-order valence-electron chi connectivity index (χ3n) is 2.28. The van der Waals surface area contributed by atoms with E-state index in [1.807, 2.05) is 42.5 Å². The lowest BCUT2D eigenvalue weighted by Crippen LogP contribution is -2.07. The minimum absolute atomic E-state index is 0.177. The highest BCUT2D eigenvalue weighted by atomic mass is 32.2. The zero-order valence-electron chi connectivity index (χ0n) is 10.9. The summed E-state index contributed by atoms with van der Waals surface area (Å²) in [6.07, 6.45) is 10.6. The zero-order chi connectivity index (χ0) is 13.8. The molecular formula is C16H18O2S. The van der Waals surface area contributed by atoms with Gasteiger partial charge in [0.1, 0.15) is 6.61 Å². The minimum Gasteiger partial charge on any atom is -0.461 e. The minimum atomic E-state index is -0.177. The summed E-state index contributed by atoms with van der Waals surface area (Å²) in [7, 11) is 0. The Labute approximate surface area is 119 Å². The number of hydrogen-bond acceptors (Lipinski definition) is 3. The van der Waals surface area contributed by atoms with Crippen molar-refractivity contribution in [2.45, 2.75) is 12.8 Å². The Hall–Kier alpha value is -1.66. The highest BCUT2D eigenvalue weighted by Gasteiger charge is 2.00. The van der Waals surface area contributed by atoms with E-state index in [-0.39, 0.29) is 5.97 Å². The topological polar surface area (TPSA) is 26.3 Å². The second-order valence-corrected chi connectivity index (χ2v) is 4.96. The molecule has 0 saturated heterocycles. The number of unbranched alkanes of at least 4 members (excludes halogenated alkanes) is 1. The summed E-state index contributed by atoms with van der Waals surface area (Å²) in [6, 6.07) is 9.91. The van der Waals surface area contributed by atoms with E-state index < -0.39 is 0 Å². The predicted octanol–water partition coefficient (Wildman–Crippen LogP) is 3.39. The maximum absolute atomic E-state index is 11.4. The van der Waals surface area contributed by atoms with Crippen molar-refractivity contribution in [1.82, 2.24) is 0 Å². The smallest absolute Gasteiger partial charge is 0.316 e. The molecular weight excluding hydrogens is 256 g/mol. The fourth-order valence-corrected chi connectivity index (χ4v) is 2.11. The van der Waals surface area contributed by atoms with Gasteiger partial charge in [0.2, 0.25) is 0 Å². The van der Waals surface area contributed by atoms with Crippen molar-refractivity contribution in [3.05, 3.63) is 42.0 Å². The van der Waals surface area contributed by atoms with Crippen molar-refractivity contribution < 1.29 is 9.53 Å². The van der Waals surface area contributed by atoms with E-state index in [4.69, 9.17) is 11.2 Å². The van der Waals surface area contributed by atoms with Crippen LogP contribution < -0.4 is 0 Å². The van der Waals surface area contributed by atoms with Crippen LogP contribution in [0, 0.1) is 12.3 Å². The molecule has 0 fully saturated rings. The van der Waals surface area contributed by atoms with E-state index >= 15 is 0 Å². The Balaban J connectivity index is 2.07. The number of hydrogen-bond donors (Lipinski definition) is 0. The Morgan fingerprint density at radius 2 is 2.16 bits per heavy atom. The molecule has 0 bridgehead atoms. The molecule has 1 aromatic carbocycles. The van der Waals surface area contributed by atoms with Crippen molar-refractivity contribution in [2.75, 3.05) is 18.1 Å². The zero-order valence-corrected chi connectivity index (χ0v) is 11.7. The fraction of sp³-hybridized carbons (Fsp3) is 0.312. The fourth-order valence-electron chi connectivity index (χ4n) is 1.36. The van der Waals surface area contributed by atoms with Gasteiger partial charge in [0.05, 0.1) is 5.75 Å². The summed E-state index contributed by atoms with van der Waals surface area (Å²) in [5.74, 6) is 3.69. The number of carbonyl (C=O) groups excluding carboxylic acids is 1. The molecule has 0 atom stereocenters. The van der Waals surface area contributed by atoms with Crippen molar-refractivity contribution >= 4 is 23.8 Å². The third-order valence-corrected chi connectivity index (χ3v) is 3.30. The lowest BCUT2D eigenvalue weighted by molar-refractivity contribution is -0.139. The van der Waals surface area contributed by atoms with Crippen LogP contribution in [0.25, 0.3) is 6.08 Å². The van der Waals surface area contributed by atoms with Crippen LogP contribution in [-0.4, -0.2) is 24.1 Å². The maximum Gasteiger partial charge on any atom is 0.316 e. The summed E-state index contributed by atoms with van der Waals surface area (Å²) >= 11 is 1.56. The first kappa shape index (κ1) is 15.4. The second-order valence-electron chi connectivity index (χ2n) is 3.86. The number of esters is 1. The first-order chi connectivity index (χ1) is 9.33. The molecule has 0 aromatic heterocycles. The average Bonchev–Trinajstić information content (AvgIpc) is 2.44. The van der Waals surface area contributed by atoms with E-state index in [2.05, 4.69) is 5.92 Å². The molecule has 0 radical (unpaired) electrons. The number of ether oxygens (including phenoxy) is 1. The van der Waals surface area contributed by atoms with Crippen molar-refractivity contribution in [3.8, 4) is 12.3 Å². The molecule has 0 N–H and O–H groups in total. The van der Waals surface area contributed by atoms with Crippen molar-refractivity contribution in [2.24, 2.45) is 0 Å². The van der Waals surface area contributed by atoms with Crippen molar-refractivity contribution in [3.63, 3.8) is 0 Å². The predicted molar refractivity (Wildman–Crippen MR) is 81.8 cm³/mol. The maximum atomic E-state index is 11.4. The van der Waals surface area contributed by atoms with Crippen LogP contribution in [0.15, 0.2) is 36.4 Å². The molecule has 2 nitrogen and oxygen atoms in total. The number of thioether (sulfide) groups is 1. The number of carbonyl (C=O) groups is 1. The largest absolute Gasteiger partial charge is 0.461 e. The third kappa shape index (κ3) is 8.12.